The Hall–Kier alpha value is -1.75. The van der Waals surface area contributed by atoms with E-state index in [1.165, 1.54) is 24.3 Å². The summed E-state index contributed by atoms with van der Waals surface area (Å²) in [5.74, 6) is 0. The van der Waals surface area contributed by atoms with Gasteiger partial charge in [0.1, 0.15) is 0 Å². The molecule has 0 saturated heterocycles. The van der Waals surface area contributed by atoms with Gasteiger partial charge in [-0.25, -0.2) is 0 Å². The monoisotopic (exact) mass is 216 g/mol. The predicted molar refractivity (Wildman–Crippen MR) is 49.1 cm³/mol. The molecule has 0 amide bonds. The molecule has 0 radical (unpaired) electrons. The fourth-order valence-corrected chi connectivity index (χ4v) is 1.22. The van der Waals surface area contributed by atoms with E-state index in [2.05, 4.69) is 4.62 Å². The minimum absolute atomic E-state index is 0.0559. The molecule has 0 aliphatic rings. The van der Waals surface area contributed by atoms with Crippen LogP contribution >= 0.6 is 8.81 Å². The molecular weight excluding hydrogens is 211 g/mol. The molecule has 1 atom stereocenters. The lowest BCUT2D eigenvalue weighted by Gasteiger charge is -1.97. The van der Waals surface area contributed by atoms with E-state index in [-0.39, 0.29) is 5.69 Å². The van der Waals surface area contributed by atoms with Gasteiger partial charge in [-0.1, -0.05) is 0 Å². The quantitative estimate of drug-likeness (QED) is 0.425. The number of rotatable bonds is 4. The number of hydrogen-bond donors (Lipinski definition) is 0. The second-order valence-electron chi connectivity index (χ2n) is 2.22. The number of benzene rings is 1. The molecule has 0 bridgehead atoms. The summed E-state index contributed by atoms with van der Waals surface area (Å²) in [6.07, 6.45) is 0. The van der Waals surface area contributed by atoms with Gasteiger partial charge in [0.05, 0.1) is 13.7 Å². The van der Waals surface area contributed by atoms with Crippen molar-refractivity contribution < 1.29 is 14.6 Å². The lowest BCUT2D eigenvalue weighted by atomic mass is 10.3. The van der Waals surface area contributed by atoms with Crippen LogP contribution in [0.1, 0.15) is 0 Å². The molecule has 0 spiro atoms. The predicted octanol–water partition coefficient (Wildman–Crippen LogP) is 1.02. The van der Waals surface area contributed by atoms with E-state index >= 15 is 0 Å². The fourth-order valence-electron chi connectivity index (χ4n) is 0.741. The normalized spacial score (nSPS) is 10.3. The van der Waals surface area contributed by atoms with Crippen LogP contribution in [0.15, 0.2) is 24.3 Å². The molecule has 74 valence electrons. The van der Waals surface area contributed by atoms with Crippen LogP contribution in [-0.4, -0.2) is 10.0 Å². The third kappa shape index (κ3) is 2.95. The van der Waals surface area contributed by atoms with E-state index in [0.717, 1.165) is 0 Å². The van der Waals surface area contributed by atoms with E-state index in [4.69, 9.17) is 0 Å². The molecule has 0 aliphatic heterocycles. The molecule has 0 saturated carbocycles. The summed E-state index contributed by atoms with van der Waals surface area (Å²) in [4.78, 5) is 19.5. The maximum Gasteiger partial charge on any atom is 0.298 e. The second kappa shape index (κ2) is 4.48. The van der Waals surface area contributed by atoms with Crippen molar-refractivity contribution in [3.63, 3.8) is 0 Å². The van der Waals surface area contributed by atoms with Crippen molar-refractivity contribution in [2.75, 3.05) is 0 Å². The molecule has 0 fully saturated rings. The van der Waals surface area contributed by atoms with Crippen LogP contribution in [0.25, 0.3) is 0 Å². The van der Waals surface area contributed by atoms with Crippen LogP contribution < -0.4 is 5.30 Å². The van der Waals surface area contributed by atoms with Gasteiger partial charge in [-0.15, -0.1) is 10.1 Å². The number of non-ortho nitro benzene ring substituents is 1. The highest BCUT2D eigenvalue weighted by Crippen LogP contribution is 2.15. The summed E-state index contributed by atoms with van der Waals surface area (Å²) in [6.45, 7) is 0. The van der Waals surface area contributed by atoms with Crippen LogP contribution in [-0.2, 0) is 4.62 Å². The third-order valence-corrected chi connectivity index (χ3v) is 2.13. The fraction of sp³-hybridized carbons (Fsp3) is 0. The van der Waals surface area contributed by atoms with Gasteiger partial charge in [0.25, 0.3) is 10.8 Å². The zero-order chi connectivity index (χ0) is 10.6. The Morgan fingerprint density at radius 3 is 2.14 bits per heavy atom. The highest BCUT2D eigenvalue weighted by molar-refractivity contribution is 7.41. The van der Waals surface area contributed by atoms with Crippen LogP contribution in [0.5, 0.6) is 0 Å². The Labute approximate surface area is 79.8 Å². The van der Waals surface area contributed by atoms with Crippen molar-refractivity contribution >= 4 is 19.8 Å². The molecule has 8 heteroatoms. The van der Waals surface area contributed by atoms with Crippen LogP contribution in [0, 0.1) is 20.2 Å². The smallest absolute Gasteiger partial charge is 0.292 e. The Balaban J connectivity index is 2.64. The largest absolute Gasteiger partial charge is 0.298 e. The number of nitro groups is 1. The minimum Gasteiger partial charge on any atom is -0.292 e. The molecule has 0 aliphatic carbocycles. The van der Waals surface area contributed by atoms with Crippen molar-refractivity contribution in [1.29, 1.82) is 0 Å². The maximum absolute atomic E-state index is 10.2. The van der Waals surface area contributed by atoms with Crippen molar-refractivity contribution in [1.82, 2.24) is 0 Å². The molecule has 0 aromatic heterocycles. The van der Waals surface area contributed by atoms with E-state index in [1.807, 2.05) is 0 Å². The first-order valence-corrected chi connectivity index (χ1v) is 4.32. The summed E-state index contributed by atoms with van der Waals surface area (Å²) in [7, 11) is -0.447. The first kappa shape index (κ1) is 10.3. The van der Waals surface area contributed by atoms with Gasteiger partial charge in [0.2, 0.25) is 0 Å². The van der Waals surface area contributed by atoms with Crippen molar-refractivity contribution in [2.24, 2.45) is 0 Å². The average Bonchev–Trinajstić information content (AvgIpc) is 2.15. The summed E-state index contributed by atoms with van der Waals surface area (Å²) < 4.78 is 4.11. The van der Waals surface area contributed by atoms with E-state index in [0.29, 0.717) is 5.30 Å². The number of nitro benzene ring substituents is 1. The first-order chi connectivity index (χ1) is 6.59. The first-order valence-electron chi connectivity index (χ1n) is 3.41. The SMILES string of the molecule is O=[N+]([O-])OPc1ccc([N+](=O)[O-])cc1. The molecule has 1 aromatic carbocycles. The minimum atomic E-state index is -0.903. The van der Waals surface area contributed by atoms with E-state index in [1.54, 1.807) is 0 Å². The lowest BCUT2D eigenvalue weighted by molar-refractivity contribution is -0.710. The molecule has 0 heterocycles. The Morgan fingerprint density at radius 1 is 1.14 bits per heavy atom. The Bertz CT molecular complexity index is 352. The molecule has 0 N–H and O–H groups in total. The van der Waals surface area contributed by atoms with E-state index in [9.17, 15) is 20.2 Å². The van der Waals surface area contributed by atoms with Crippen LogP contribution in [0.2, 0.25) is 0 Å². The second-order valence-corrected chi connectivity index (χ2v) is 3.18. The van der Waals surface area contributed by atoms with Gasteiger partial charge in [0.15, 0.2) is 0 Å². The van der Waals surface area contributed by atoms with Crippen molar-refractivity contribution in [2.45, 2.75) is 0 Å². The highest BCUT2D eigenvalue weighted by atomic mass is 31.1. The lowest BCUT2D eigenvalue weighted by Crippen LogP contribution is -1.99. The number of hydrogen-bond acceptors (Lipinski definition) is 5. The topological polar surface area (TPSA) is 95.5 Å². The summed E-state index contributed by atoms with van der Waals surface area (Å²) in [6, 6.07) is 5.37. The van der Waals surface area contributed by atoms with Gasteiger partial charge in [-0.3, -0.25) is 14.7 Å². The van der Waals surface area contributed by atoms with Gasteiger partial charge in [-0.05, 0) is 17.4 Å². The Morgan fingerprint density at radius 2 is 1.71 bits per heavy atom. The van der Waals surface area contributed by atoms with Gasteiger partial charge >= 0.3 is 0 Å². The molecule has 14 heavy (non-hydrogen) atoms. The summed E-state index contributed by atoms with van der Waals surface area (Å²) in [5.41, 5.74) is -0.0559. The standard InChI is InChI=1S/C6H5N2O5P/c9-7(10)5-1-3-6(4-2-5)14-13-8(11)12/h1-4,14H. The molecule has 7 nitrogen and oxygen atoms in total. The molecule has 1 aromatic rings. The number of nitrogens with zero attached hydrogens (tertiary/aromatic N) is 2. The zero-order valence-electron chi connectivity index (χ0n) is 6.75. The average molecular weight is 216 g/mol. The van der Waals surface area contributed by atoms with Gasteiger partial charge in [0, 0.05) is 12.1 Å². The molecule has 1 unspecified atom stereocenters. The molecular formula is C6H5N2O5P. The maximum atomic E-state index is 10.2. The highest BCUT2D eigenvalue weighted by Gasteiger charge is 2.04. The van der Waals surface area contributed by atoms with Crippen molar-refractivity contribution in [3.8, 4) is 0 Å². The summed E-state index contributed by atoms with van der Waals surface area (Å²) in [5, 5.41) is 19.7. The van der Waals surface area contributed by atoms with Gasteiger partial charge in [-0.2, -0.15) is 0 Å². The molecule has 1 rings (SSSR count). The van der Waals surface area contributed by atoms with Gasteiger partial charge < -0.3 is 0 Å². The third-order valence-electron chi connectivity index (χ3n) is 1.32. The zero-order valence-corrected chi connectivity index (χ0v) is 7.75. The summed E-state index contributed by atoms with van der Waals surface area (Å²) >= 11 is 0. The van der Waals surface area contributed by atoms with Crippen LogP contribution in [0.3, 0.4) is 0 Å². The Kier molecular flexibility index (Phi) is 3.30. The van der Waals surface area contributed by atoms with Crippen molar-refractivity contribution in [3.05, 3.63) is 44.5 Å². The van der Waals surface area contributed by atoms with Crippen LogP contribution in [0.4, 0.5) is 5.69 Å². The van der Waals surface area contributed by atoms with E-state index < -0.39 is 18.8 Å².